The zero-order valence-electron chi connectivity index (χ0n) is 10.1. The number of hydrogen-bond donors (Lipinski definition) is 2. The van der Waals surface area contributed by atoms with Crippen LogP contribution in [-0.2, 0) is 4.79 Å². The maximum atomic E-state index is 11.8. The Morgan fingerprint density at radius 1 is 1.50 bits per heavy atom. The number of benzene rings is 1. The van der Waals surface area contributed by atoms with Gasteiger partial charge in [0.1, 0.15) is 0 Å². The number of halogens is 2. The number of amides is 1. The molecular weight excluding hydrogens is 318 g/mol. The van der Waals surface area contributed by atoms with Gasteiger partial charge in [-0.15, -0.1) is 12.4 Å². The first-order valence-electron chi connectivity index (χ1n) is 5.62. The van der Waals surface area contributed by atoms with Crippen molar-refractivity contribution in [3.63, 3.8) is 0 Å². The minimum atomic E-state index is 0. The highest BCUT2D eigenvalue weighted by molar-refractivity contribution is 9.10. The summed E-state index contributed by atoms with van der Waals surface area (Å²) in [5, 5.41) is 6.09. The lowest BCUT2D eigenvalue weighted by atomic mass is 10.1. The van der Waals surface area contributed by atoms with Crippen molar-refractivity contribution in [3.8, 4) is 0 Å². The summed E-state index contributed by atoms with van der Waals surface area (Å²) in [4.78, 5) is 13.9. The second-order valence-electron chi connectivity index (χ2n) is 4.26. The van der Waals surface area contributed by atoms with E-state index in [1.807, 2.05) is 31.3 Å². The molecule has 1 heterocycles. The summed E-state index contributed by atoms with van der Waals surface area (Å²) in [6.07, 6.45) is 0. The molecule has 100 valence electrons. The highest BCUT2D eigenvalue weighted by Gasteiger charge is 2.22. The van der Waals surface area contributed by atoms with Crippen molar-refractivity contribution in [1.29, 1.82) is 0 Å². The van der Waals surface area contributed by atoms with Crippen molar-refractivity contribution in [3.05, 3.63) is 28.7 Å². The van der Waals surface area contributed by atoms with E-state index < -0.39 is 0 Å². The molecule has 0 aliphatic carbocycles. The van der Waals surface area contributed by atoms with E-state index >= 15 is 0 Å². The highest BCUT2D eigenvalue weighted by Crippen LogP contribution is 2.21. The Bertz CT molecular complexity index is 412. The average Bonchev–Trinajstić information content (AvgIpc) is 2.18. The van der Waals surface area contributed by atoms with Crippen molar-refractivity contribution in [2.24, 2.45) is 0 Å². The third-order valence-corrected chi connectivity index (χ3v) is 3.62. The van der Waals surface area contributed by atoms with Gasteiger partial charge in [-0.2, -0.15) is 0 Å². The van der Waals surface area contributed by atoms with Gasteiger partial charge >= 0.3 is 0 Å². The van der Waals surface area contributed by atoms with Crippen molar-refractivity contribution in [2.75, 3.05) is 32.0 Å². The summed E-state index contributed by atoms with van der Waals surface area (Å²) in [7, 11) is 1.98. The lowest BCUT2D eigenvalue weighted by Crippen LogP contribution is -2.57. The van der Waals surface area contributed by atoms with Crippen LogP contribution >= 0.6 is 28.3 Å². The average molecular weight is 335 g/mol. The van der Waals surface area contributed by atoms with E-state index in [2.05, 4.69) is 31.5 Å². The first-order chi connectivity index (χ1) is 8.16. The molecule has 2 rings (SSSR count). The van der Waals surface area contributed by atoms with Crippen molar-refractivity contribution >= 4 is 39.9 Å². The Kier molecular flexibility index (Phi) is 6.08. The highest BCUT2D eigenvalue weighted by atomic mass is 79.9. The van der Waals surface area contributed by atoms with Gasteiger partial charge in [-0.3, -0.25) is 9.69 Å². The van der Waals surface area contributed by atoms with Crippen molar-refractivity contribution in [1.82, 2.24) is 10.2 Å². The topological polar surface area (TPSA) is 44.4 Å². The Labute approximate surface area is 122 Å². The third-order valence-electron chi connectivity index (χ3n) is 2.92. The molecule has 18 heavy (non-hydrogen) atoms. The van der Waals surface area contributed by atoms with E-state index in [0.717, 1.165) is 23.2 Å². The van der Waals surface area contributed by atoms with E-state index in [1.54, 1.807) is 0 Å². The molecule has 1 amide bonds. The molecule has 2 N–H and O–H groups in total. The molecule has 0 atom stereocenters. The van der Waals surface area contributed by atoms with Gasteiger partial charge in [-0.05, 0) is 35.1 Å². The van der Waals surface area contributed by atoms with Crippen LogP contribution < -0.4 is 10.6 Å². The van der Waals surface area contributed by atoms with E-state index in [1.165, 1.54) is 0 Å². The zero-order valence-corrected chi connectivity index (χ0v) is 12.6. The molecular formula is C12H17BrClN3O. The van der Waals surface area contributed by atoms with Crippen LogP contribution in [0.2, 0.25) is 0 Å². The third kappa shape index (κ3) is 3.95. The summed E-state index contributed by atoms with van der Waals surface area (Å²) < 4.78 is 0.904. The number of carbonyl (C=O) groups excluding carboxylic acids is 1. The largest absolute Gasteiger partial charge is 0.324 e. The van der Waals surface area contributed by atoms with Crippen LogP contribution in [0.4, 0.5) is 5.69 Å². The molecule has 0 unspecified atom stereocenters. The molecule has 0 bridgehead atoms. The molecule has 1 aliphatic rings. The number of nitrogens with one attached hydrogen (secondary N) is 2. The summed E-state index contributed by atoms with van der Waals surface area (Å²) in [5.41, 5.74) is 0.817. The Morgan fingerprint density at radius 3 is 2.72 bits per heavy atom. The smallest absolute Gasteiger partial charge is 0.238 e. The molecule has 0 saturated carbocycles. The van der Waals surface area contributed by atoms with Gasteiger partial charge < -0.3 is 10.6 Å². The predicted molar refractivity (Wildman–Crippen MR) is 79.3 cm³/mol. The fourth-order valence-corrected chi connectivity index (χ4v) is 2.08. The lowest BCUT2D eigenvalue weighted by Gasteiger charge is -2.35. The van der Waals surface area contributed by atoms with Crippen LogP contribution in [0.25, 0.3) is 0 Å². The predicted octanol–water partition coefficient (Wildman–Crippen LogP) is 1.71. The van der Waals surface area contributed by atoms with E-state index in [9.17, 15) is 4.79 Å². The molecule has 6 heteroatoms. The van der Waals surface area contributed by atoms with Crippen LogP contribution in [0.5, 0.6) is 0 Å². The molecule has 4 nitrogen and oxygen atoms in total. The minimum Gasteiger partial charge on any atom is -0.324 e. The maximum Gasteiger partial charge on any atom is 0.238 e. The SMILES string of the molecule is CN(CC(=O)Nc1ccccc1Br)C1CNC1.Cl. The number of likely N-dealkylation sites (N-methyl/N-ethyl adjacent to an activating group) is 1. The monoisotopic (exact) mass is 333 g/mol. The second-order valence-corrected chi connectivity index (χ2v) is 5.11. The molecule has 1 saturated heterocycles. The molecule has 1 aromatic rings. The van der Waals surface area contributed by atoms with Gasteiger partial charge in [0.05, 0.1) is 12.2 Å². The summed E-state index contributed by atoms with van der Waals surface area (Å²) in [6, 6.07) is 8.11. The molecule has 0 spiro atoms. The zero-order chi connectivity index (χ0) is 12.3. The van der Waals surface area contributed by atoms with Crippen molar-refractivity contribution < 1.29 is 4.79 Å². The Balaban J connectivity index is 0.00000162. The Hall–Kier alpha value is -0.620. The molecule has 1 aromatic carbocycles. The Morgan fingerprint density at radius 2 is 2.17 bits per heavy atom. The summed E-state index contributed by atoms with van der Waals surface area (Å²) >= 11 is 3.41. The van der Waals surface area contributed by atoms with Crippen molar-refractivity contribution in [2.45, 2.75) is 6.04 Å². The first-order valence-corrected chi connectivity index (χ1v) is 6.41. The van der Waals surface area contributed by atoms with Gasteiger partial charge in [0.25, 0.3) is 0 Å². The molecule has 1 fully saturated rings. The van der Waals surface area contributed by atoms with Crippen LogP contribution in [0.3, 0.4) is 0 Å². The quantitative estimate of drug-likeness (QED) is 0.881. The number of anilines is 1. The second kappa shape index (κ2) is 7.09. The lowest BCUT2D eigenvalue weighted by molar-refractivity contribution is -0.117. The summed E-state index contributed by atoms with van der Waals surface area (Å²) in [5.74, 6) is 0.0197. The first kappa shape index (κ1) is 15.4. The van der Waals surface area contributed by atoms with Crippen LogP contribution in [0.1, 0.15) is 0 Å². The van der Waals surface area contributed by atoms with Gasteiger partial charge in [0.2, 0.25) is 5.91 Å². The van der Waals surface area contributed by atoms with Gasteiger partial charge in [-0.25, -0.2) is 0 Å². The molecule has 1 aliphatic heterocycles. The summed E-state index contributed by atoms with van der Waals surface area (Å²) in [6.45, 7) is 2.37. The number of carbonyl (C=O) groups is 1. The normalized spacial score (nSPS) is 14.8. The van der Waals surface area contributed by atoms with Crippen LogP contribution in [0.15, 0.2) is 28.7 Å². The fraction of sp³-hybridized carbons (Fsp3) is 0.417. The van der Waals surface area contributed by atoms with E-state index in [0.29, 0.717) is 12.6 Å². The number of para-hydroxylation sites is 1. The molecule has 0 radical (unpaired) electrons. The maximum absolute atomic E-state index is 11.8. The number of nitrogens with zero attached hydrogens (tertiary/aromatic N) is 1. The van der Waals surface area contributed by atoms with Crippen LogP contribution in [-0.4, -0.2) is 43.5 Å². The minimum absolute atomic E-state index is 0. The van der Waals surface area contributed by atoms with E-state index in [4.69, 9.17) is 0 Å². The van der Waals surface area contributed by atoms with Gasteiger partial charge in [-0.1, -0.05) is 12.1 Å². The van der Waals surface area contributed by atoms with Gasteiger partial charge in [0, 0.05) is 23.6 Å². The number of hydrogen-bond acceptors (Lipinski definition) is 3. The standard InChI is InChI=1S/C12H16BrN3O.ClH/c1-16(9-6-14-7-9)8-12(17)15-11-5-3-2-4-10(11)13;/h2-5,9,14H,6-8H2,1H3,(H,15,17);1H. The fourth-order valence-electron chi connectivity index (χ4n) is 1.69. The molecule has 0 aromatic heterocycles. The van der Waals surface area contributed by atoms with Crippen LogP contribution in [0, 0.1) is 0 Å². The van der Waals surface area contributed by atoms with Gasteiger partial charge in [0.15, 0.2) is 0 Å². The number of rotatable bonds is 4. The van der Waals surface area contributed by atoms with E-state index in [-0.39, 0.29) is 18.3 Å².